The Kier molecular flexibility index (Phi) is 3.62. The van der Waals surface area contributed by atoms with E-state index in [1.54, 1.807) is 0 Å². The Balaban J connectivity index is 1.79. The number of benzene rings is 1. The topological polar surface area (TPSA) is 39.1 Å². The van der Waals surface area contributed by atoms with Gasteiger partial charge in [-0.1, -0.05) is 29.8 Å². The van der Waals surface area contributed by atoms with Gasteiger partial charge >= 0.3 is 0 Å². The van der Waals surface area contributed by atoms with Crippen molar-refractivity contribution >= 4 is 0 Å². The van der Waals surface area contributed by atoms with E-state index in [0.717, 1.165) is 32.0 Å². The van der Waals surface area contributed by atoms with Crippen molar-refractivity contribution in [3.05, 3.63) is 42.4 Å². The summed E-state index contributed by atoms with van der Waals surface area (Å²) in [7, 11) is 0. The molecule has 2 aromatic rings. The first-order valence-electron chi connectivity index (χ1n) is 6.71. The summed E-state index contributed by atoms with van der Waals surface area (Å²) in [5.74, 6) is 0. The highest BCUT2D eigenvalue weighted by Gasteiger charge is 2.15. The molecule has 1 aromatic heterocycles. The molecular weight excluding hydrogens is 238 g/mol. The average Bonchev–Trinajstić information content (AvgIpc) is 2.89. The predicted octanol–water partition coefficient (Wildman–Crippen LogP) is 1.85. The molecule has 1 unspecified atom stereocenters. The fourth-order valence-corrected chi connectivity index (χ4v) is 2.41. The van der Waals surface area contributed by atoms with Crippen LogP contribution in [0.3, 0.4) is 0 Å². The van der Waals surface area contributed by atoms with Gasteiger partial charge in [0.05, 0.1) is 31.4 Å². The van der Waals surface area contributed by atoms with Gasteiger partial charge in [0.25, 0.3) is 0 Å². The Labute approximate surface area is 113 Å². The largest absolute Gasteiger partial charge is 0.378 e. The van der Waals surface area contributed by atoms with Gasteiger partial charge in [0, 0.05) is 19.1 Å². The van der Waals surface area contributed by atoms with E-state index in [4.69, 9.17) is 4.74 Å². The average molecular weight is 257 g/mol. The molecule has 4 nitrogen and oxygen atoms in total. The molecule has 1 atom stereocenters. The Bertz CT molecular complexity index is 527. The van der Waals surface area contributed by atoms with Gasteiger partial charge in [-0.3, -0.25) is 0 Å². The molecule has 1 fully saturated rings. The number of nitrogens with zero attached hydrogens (tertiary/aromatic N) is 2. The lowest BCUT2D eigenvalue weighted by Crippen LogP contribution is -2.43. The smallest absolute Gasteiger partial charge is 0.0951 e. The third-order valence-electron chi connectivity index (χ3n) is 3.48. The lowest BCUT2D eigenvalue weighted by molar-refractivity contribution is 0.0715. The Morgan fingerprint density at radius 1 is 1.37 bits per heavy atom. The van der Waals surface area contributed by atoms with Crippen LogP contribution in [-0.4, -0.2) is 35.4 Å². The van der Waals surface area contributed by atoms with Crippen LogP contribution >= 0.6 is 0 Å². The van der Waals surface area contributed by atoms with Crippen molar-refractivity contribution in [2.45, 2.75) is 19.5 Å². The molecular formula is C15H19N3O. The number of nitrogens with one attached hydrogen (secondary N) is 1. The molecule has 4 heteroatoms. The summed E-state index contributed by atoms with van der Waals surface area (Å²) in [6, 6.07) is 8.93. The summed E-state index contributed by atoms with van der Waals surface area (Å²) in [5.41, 5.74) is 3.64. The molecule has 0 radical (unpaired) electrons. The fourth-order valence-electron chi connectivity index (χ4n) is 2.41. The number of ether oxygens (including phenoxy) is 1. The van der Waals surface area contributed by atoms with Crippen LogP contribution < -0.4 is 5.32 Å². The van der Waals surface area contributed by atoms with Crippen LogP contribution in [0.4, 0.5) is 0 Å². The summed E-state index contributed by atoms with van der Waals surface area (Å²) in [6.45, 7) is 5.50. The van der Waals surface area contributed by atoms with Gasteiger partial charge in [0.15, 0.2) is 0 Å². The fraction of sp³-hybridized carbons (Fsp3) is 0.400. The Morgan fingerprint density at radius 3 is 2.95 bits per heavy atom. The zero-order valence-corrected chi connectivity index (χ0v) is 11.2. The maximum atomic E-state index is 5.50. The van der Waals surface area contributed by atoms with E-state index >= 15 is 0 Å². The zero-order chi connectivity index (χ0) is 13.1. The molecule has 0 aliphatic carbocycles. The minimum absolute atomic E-state index is 0.368. The Hall–Kier alpha value is -1.65. The molecule has 1 aliphatic heterocycles. The first kappa shape index (κ1) is 12.4. The maximum Gasteiger partial charge on any atom is 0.0951 e. The molecule has 1 N–H and O–H groups in total. The highest BCUT2D eigenvalue weighted by Crippen LogP contribution is 2.19. The normalized spacial score (nSPS) is 19.5. The number of aryl methyl sites for hydroxylation is 1. The van der Waals surface area contributed by atoms with Crippen LogP contribution in [0.25, 0.3) is 11.3 Å². The highest BCUT2D eigenvalue weighted by molar-refractivity contribution is 5.59. The number of hydrogen-bond donors (Lipinski definition) is 1. The van der Waals surface area contributed by atoms with Gasteiger partial charge < -0.3 is 14.6 Å². The first-order valence-corrected chi connectivity index (χ1v) is 6.71. The molecule has 0 spiro atoms. The monoisotopic (exact) mass is 257 g/mol. The van der Waals surface area contributed by atoms with Gasteiger partial charge in [-0.15, -0.1) is 0 Å². The number of aromatic nitrogens is 2. The van der Waals surface area contributed by atoms with Gasteiger partial charge in [0.1, 0.15) is 0 Å². The third-order valence-corrected chi connectivity index (χ3v) is 3.48. The summed E-state index contributed by atoms with van der Waals surface area (Å²) < 4.78 is 7.69. The molecule has 3 rings (SSSR count). The lowest BCUT2D eigenvalue weighted by atomic mass is 10.1. The van der Waals surface area contributed by atoms with Gasteiger partial charge in [0.2, 0.25) is 0 Å². The lowest BCUT2D eigenvalue weighted by Gasteiger charge is -2.24. The molecule has 0 bridgehead atoms. The SMILES string of the molecule is Cc1ccc(-c2cncn2CC2COCCN2)cc1. The number of morpholine rings is 1. The van der Waals surface area contributed by atoms with Crippen molar-refractivity contribution in [3.63, 3.8) is 0 Å². The minimum atomic E-state index is 0.368. The molecule has 1 aliphatic rings. The van der Waals surface area contributed by atoms with Crippen LogP contribution in [0.15, 0.2) is 36.8 Å². The van der Waals surface area contributed by atoms with Crippen LogP contribution in [0, 0.1) is 6.92 Å². The maximum absolute atomic E-state index is 5.50. The van der Waals surface area contributed by atoms with E-state index in [9.17, 15) is 0 Å². The standard InChI is InChI=1S/C15H19N3O/c1-12-2-4-13(5-3-12)15-8-16-11-18(15)9-14-10-19-7-6-17-14/h2-5,8,11,14,17H,6-7,9-10H2,1H3. The van der Waals surface area contributed by atoms with Crippen LogP contribution in [0.5, 0.6) is 0 Å². The van der Waals surface area contributed by atoms with Crippen molar-refractivity contribution < 1.29 is 4.74 Å². The third kappa shape index (κ3) is 2.85. The molecule has 100 valence electrons. The molecule has 0 saturated carbocycles. The second-order valence-corrected chi connectivity index (χ2v) is 5.02. The predicted molar refractivity (Wildman–Crippen MR) is 75.0 cm³/mol. The van der Waals surface area contributed by atoms with E-state index in [1.165, 1.54) is 11.1 Å². The van der Waals surface area contributed by atoms with E-state index in [1.807, 2.05) is 12.5 Å². The van der Waals surface area contributed by atoms with E-state index < -0.39 is 0 Å². The van der Waals surface area contributed by atoms with Crippen molar-refractivity contribution in [1.29, 1.82) is 0 Å². The van der Waals surface area contributed by atoms with Crippen molar-refractivity contribution in [3.8, 4) is 11.3 Å². The van der Waals surface area contributed by atoms with Gasteiger partial charge in [-0.2, -0.15) is 0 Å². The van der Waals surface area contributed by atoms with Crippen molar-refractivity contribution in [2.24, 2.45) is 0 Å². The first-order chi connectivity index (χ1) is 9.33. The van der Waals surface area contributed by atoms with Crippen LogP contribution in [0.2, 0.25) is 0 Å². The van der Waals surface area contributed by atoms with E-state index in [-0.39, 0.29) is 0 Å². The van der Waals surface area contributed by atoms with E-state index in [2.05, 4.69) is 46.1 Å². The summed E-state index contributed by atoms with van der Waals surface area (Å²) >= 11 is 0. The van der Waals surface area contributed by atoms with Gasteiger partial charge in [-0.25, -0.2) is 4.98 Å². The molecule has 1 saturated heterocycles. The van der Waals surface area contributed by atoms with Crippen LogP contribution in [-0.2, 0) is 11.3 Å². The van der Waals surface area contributed by atoms with Crippen LogP contribution in [0.1, 0.15) is 5.56 Å². The quantitative estimate of drug-likeness (QED) is 0.912. The van der Waals surface area contributed by atoms with Gasteiger partial charge in [-0.05, 0) is 12.5 Å². The number of imidazole rings is 1. The Morgan fingerprint density at radius 2 is 2.21 bits per heavy atom. The summed E-state index contributed by atoms with van der Waals surface area (Å²) in [5, 5.41) is 3.47. The minimum Gasteiger partial charge on any atom is -0.378 e. The number of hydrogen-bond acceptors (Lipinski definition) is 3. The molecule has 1 aromatic carbocycles. The summed E-state index contributed by atoms with van der Waals surface area (Å²) in [6.07, 6.45) is 3.82. The zero-order valence-electron chi connectivity index (χ0n) is 11.2. The number of rotatable bonds is 3. The highest BCUT2D eigenvalue weighted by atomic mass is 16.5. The second kappa shape index (κ2) is 5.55. The van der Waals surface area contributed by atoms with Crippen molar-refractivity contribution in [1.82, 2.24) is 14.9 Å². The molecule has 19 heavy (non-hydrogen) atoms. The second-order valence-electron chi connectivity index (χ2n) is 5.02. The van der Waals surface area contributed by atoms with Crippen molar-refractivity contribution in [2.75, 3.05) is 19.8 Å². The molecule has 2 heterocycles. The van der Waals surface area contributed by atoms with E-state index in [0.29, 0.717) is 6.04 Å². The molecule has 0 amide bonds. The summed E-state index contributed by atoms with van der Waals surface area (Å²) in [4.78, 5) is 4.28.